The number of amides is 1. The van der Waals surface area contributed by atoms with E-state index in [1.807, 2.05) is 31.2 Å². The quantitative estimate of drug-likeness (QED) is 0.756. The summed E-state index contributed by atoms with van der Waals surface area (Å²) in [5.41, 5.74) is 3.20. The Labute approximate surface area is 166 Å². The van der Waals surface area contributed by atoms with Crippen LogP contribution in [0, 0.1) is 6.92 Å². The summed E-state index contributed by atoms with van der Waals surface area (Å²) in [6.45, 7) is 5.37. The molecule has 5 nitrogen and oxygen atoms in total. The van der Waals surface area contributed by atoms with Gasteiger partial charge in [-0.1, -0.05) is 48.9 Å². The van der Waals surface area contributed by atoms with Crippen LogP contribution in [0.4, 0.5) is 5.69 Å². The molecule has 0 fully saturated rings. The zero-order valence-corrected chi connectivity index (χ0v) is 17.6. The van der Waals surface area contributed by atoms with Crippen LogP contribution >= 0.6 is 11.6 Å². The minimum absolute atomic E-state index is 0.231. The molecular formula is C20H25ClN2O3S. The molecule has 2 aromatic rings. The number of anilines is 1. The van der Waals surface area contributed by atoms with E-state index in [9.17, 15) is 13.2 Å². The lowest BCUT2D eigenvalue weighted by atomic mass is 10.1. The molecule has 0 aromatic heterocycles. The molecule has 0 spiro atoms. The summed E-state index contributed by atoms with van der Waals surface area (Å²) in [5, 5.41) is 3.31. The summed E-state index contributed by atoms with van der Waals surface area (Å²) in [7, 11) is -3.65. The van der Waals surface area contributed by atoms with Gasteiger partial charge in [-0.25, -0.2) is 8.42 Å². The third kappa shape index (κ3) is 5.47. The minimum atomic E-state index is -3.65. The molecule has 0 aliphatic carbocycles. The van der Waals surface area contributed by atoms with Gasteiger partial charge in [-0.3, -0.25) is 9.10 Å². The smallest absolute Gasteiger partial charge is 0.241 e. The lowest BCUT2D eigenvalue weighted by Crippen LogP contribution is -2.41. The van der Waals surface area contributed by atoms with Crippen LogP contribution in [0.25, 0.3) is 0 Å². The molecular weight excluding hydrogens is 384 g/mol. The normalized spacial score (nSPS) is 12.5. The van der Waals surface area contributed by atoms with Crippen molar-refractivity contribution in [3.8, 4) is 0 Å². The zero-order valence-electron chi connectivity index (χ0n) is 16.0. The summed E-state index contributed by atoms with van der Waals surface area (Å²) in [4.78, 5) is 12.5. The number of halogens is 1. The Bertz CT molecular complexity index is 911. The molecule has 27 heavy (non-hydrogen) atoms. The SMILES string of the molecule is CCc1ccc([C@@H](C)NC(=O)CN(c2cccc(Cl)c2C)S(C)(=O)=O)cc1. The maximum Gasteiger partial charge on any atom is 0.241 e. The molecule has 0 aliphatic rings. The van der Waals surface area contributed by atoms with Gasteiger partial charge in [0, 0.05) is 5.02 Å². The second-order valence-corrected chi connectivity index (χ2v) is 8.85. The molecule has 0 unspecified atom stereocenters. The summed E-state index contributed by atoms with van der Waals surface area (Å²) in [6, 6.07) is 12.7. The van der Waals surface area contributed by atoms with E-state index < -0.39 is 10.0 Å². The van der Waals surface area contributed by atoms with Gasteiger partial charge in [0.05, 0.1) is 18.0 Å². The first-order chi connectivity index (χ1) is 12.6. The molecule has 0 radical (unpaired) electrons. The van der Waals surface area contributed by atoms with Gasteiger partial charge in [0.1, 0.15) is 6.54 Å². The van der Waals surface area contributed by atoms with Crippen molar-refractivity contribution < 1.29 is 13.2 Å². The number of rotatable bonds is 7. The van der Waals surface area contributed by atoms with Crippen molar-refractivity contribution in [2.45, 2.75) is 33.2 Å². The second kappa shape index (κ2) is 8.76. The fourth-order valence-electron chi connectivity index (χ4n) is 2.79. The number of carbonyl (C=O) groups excluding carboxylic acids is 1. The standard InChI is InChI=1S/C20H25ClN2O3S/c1-5-16-9-11-17(12-10-16)15(3)22-20(24)13-23(27(4,25)26)19-8-6-7-18(21)14(19)2/h6-12,15H,5,13H2,1-4H3,(H,22,24)/t15-/m1/s1. The molecule has 2 aromatic carbocycles. The predicted octanol–water partition coefficient (Wildman–Crippen LogP) is 3.85. The van der Waals surface area contributed by atoms with E-state index in [0.717, 1.165) is 22.5 Å². The lowest BCUT2D eigenvalue weighted by molar-refractivity contribution is -0.120. The van der Waals surface area contributed by atoms with E-state index in [1.165, 1.54) is 5.56 Å². The van der Waals surface area contributed by atoms with E-state index in [2.05, 4.69) is 12.2 Å². The van der Waals surface area contributed by atoms with Crippen LogP contribution in [-0.2, 0) is 21.2 Å². The van der Waals surface area contributed by atoms with Crippen LogP contribution in [0.5, 0.6) is 0 Å². The summed E-state index contributed by atoms with van der Waals surface area (Å²) in [5.74, 6) is -0.383. The number of nitrogens with zero attached hydrogens (tertiary/aromatic N) is 1. The number of aryl methyl sites for hydroxylation is 1. The van der Waals surface area contributed by atoms with Gasteiger partial charge in [-0.05, 0) is 49.1 Å². The monoisotopic (exact) mass is 408 g/mol. The largest absolute Gasteiger partial charge is 0.348 e. The van der Waals surface area contributed by atoms with Crippen LogP contribution < -0.4 is 9.62 Å². The van der Waals surface area contributed by atoms with Gasteiger partial charge in [0.15, 0.2) is 0 Å². The molecule has 0 saturated heterocycles. The van der Waals surface area contributed by atoms with Gasteiger partial charge in [-0.2, -0.15) is 0 Å². The van der Waals surface area contributed by atoms with Crippen molar-refractivity contribution in [3.05, 3.63) is 64.2 Å². The first kappa shape index (κ1) is 21.3. The molecule has 1 N–H and O–H groups in total. The fraction of sp³-hybridized carbons (Fsp3) is 0.350. The number of hydrogen-bond donors (Lipinski definition) is 1. The zero-order chi connectivity index (χ0) is 20.2. The van der Waals surface area contributed by atoms with Crippen molar-refractivity contribution in [1.82, 2.24) is 5.32 Å². The van der Waals surface area contributed by atoms with Gasteiger partial charge in [-0.15, -0.1) is 0 Å². The third-order valence-corrected chi connectivity index (χ3v) is 6.00. The molecule has 0 aliphatic heterocycles. The van der Waals surface area contributed by atoms with Crippen molar-refractivity contribution in [1.29, 1.82) is 0 Å². The maximum absolute atomic E-state index is 12.5. The number of benzene rings is 2. The minimum Gasteiger partial charge on any atom is -0.348 e. The lowest BCUT2D eigenvalue weighted by Gasteiger charge is -2.25. The highest BCUT2D eigenvalue weighted by Gasteiger charge is 2.23. The second-order valence-electron chi connectivity index (χ2n) is 6.54. The van der Waals surface area contributed by atoms with Gasteiger partial charge in [0.2, 0.25) is 15.9 Å². The topological polar surface area (TPSA) is 66.5 Å². The van der Waals surface area contributed by atoms with Gasteiger partial charge < -0.3 is 5.32 Å². The van der Waals surface area contributed by atoms with Crippen molar-refractivity contribution in [2.75, 3.05) is 17.1 Å². The Balaban J connectivity index is 2.17. The number of hydrogen-bond acceptors (Lipinski definition) is 3. The molecule has 1 amide bonds. The molecule has 0 heterocycles. The van der Waals surface area contributed by atoms with E-state index >= 15 is 0 Å². The Morgan fingerprint density at radius 2 is 1.81 bits per heavy atom. The van der Waals surface area contributed by atoms with E-state index in [1.54, 1.807) is 25.1 Å². The van der Waals surface area contributed by atoms with E-state index in [4.69, 9.17) is 11.6 Å². The third-order valence-electron chi connectivity index (χ3n) is 4.46. The Morgan fingerprint density at radius 1 is 1.19 bits per heavy atom. The van der Waals surface area contributed by atoms with Crippen molar-refractivity contribution in [3.63, 3.8) is 0 Å². The van der Waals surface area contributed by atoms with Crippen LogP contribution in [0.3, 0.4) is 0 Å². The molecule has 2 rings (SSSR count). The van der Waals surface area contributed by atoms with Crippen molar-refractivity contribution >= 4 is 33.2 Å². The summed E-state index contributed by atoms with van der Waals surface area (Å²) >= 11 is 6.11. The van der Waals surface area contributed by atoms with Crippen molar-refractivity contribution in [2.24, 2.45) is 0 Å². The van der Waals surface area contributed by atoms with Gasteiger partial charge in [0.25, 0.3) is 0 Å². The molecule has 7 heteroatoms. The van der Waals surface area contributed by atoms with E-state index in [-0.39, 0.29) is 18.5 Å². The molecule has 1 atom stereocenters. The Hall–Kier alpha value is -2.05. The Kier molecular flexibility index (Phi) is 6.89. The molecule has 0 bridgehead atoms. The summed E-state index contributed by atoms with van der Waals surface area (Å²) < 4.78 is 25.6. The highest BCUT2D eigenvalue weighted by atomic mass is 35.5. The maximum atomic E-state index is 12.5. The van der Waals surface area contributed by atoms with Gasteiger partial charge >= 0.3 is 0 Å². The fourth-order valence-corrected chi connectivity index (χ4v) is 3.87. The predicted molar refractivity (Wildman–Crippen MR) is 111 cm³/mol. The first-order valence-corrected chi connectivity index (χ1v) is 11.0. The first-order valence-electron chi connectivity index (χ1n) is 8.74. The number of sulfonamides is 1. The molecule has 0 saturated carbocycles. The molecule has 146 valence electrons. The number of nitrogens with one attached hydrogen (secondary N) is 1. The van der Waals surface area contributed by atoms with Crippen LogP contribution in [0.1, 0.15) is 36.6 Å². The average molecular weight is 409 g/mol. The highest BCUT2D eigenvalue weighted by molar-refractivity contribution is 7.92. The highest BCUT2D eigenvalue weighted by Crippen LogP contribution is 2.28. The van der Waals surface area contributed by atoms with Crippen LogP contribution in [0.15, 0.2) is 42.5 Å². The van der Waals surface area contributed by atoms with Crippen LogP contribution in [0.2, 0.25) is 5.02 Å². The number of carbonyl (C=O) groups is 1. The average Bonchev–Trinajstić information content (AvgIpc) is 2.61. The summed E-state index contributed by atoms with van der Waals surface area (Å²) in [6.07, 6.45) is 2.02. The van der Waals surface area contributed by atoms with E-state index in [0.29, 0.717) is 16.3 Å². The van der Waals surface area contributed by atoms with Crippen LogP contribution in [-0.4, -0.2) is 27.1 Å². The Morgan fingerprint density at radius 3 is 2.37 bits per heavy atom.